The standard InChI is InChI=1S/C22H23N3O3/c1-3-24(4-2)20(26)16-28-22(27)19-15-25(18-13-9-6-10-14-18)23-21(19)17-11-7-5-8-12-17/h5-15H,3-4,16H2,1-2H3. The second-order valence-corrected chi connectivity index (χ2v) is 6.18. The van der Waals surface area contributed by atoms with Crippen LogP contribution >= 0.6 is 0 Å². The number of carbonyl (C=O) groups excluding carboxylic acids is 2. The summed E-state index contributed by atoms with van der Waals surface area (Å²) in [5, 5.41) is 4.59. The van der Waals surface area contributed by atoms with Crippen molar-refractivity contribution in [2.45, 2.75) is 13.8 Å². The molecule has 2 aromatic carbocycles. The molecule has 0 aliphatic heterocycles. The van der Waals surface area contributed by atoms with Crippen LogP contribution in [-0.2, 0) is 9.53 Å². The number of carbonyl (C=O) groups is 2. The van der Waals surface area contributed by atoms with Crippen LogP contribution in [0.15, 0.2) is 66.9 Å². The molecule has 0 bridgehead atoms. The number of amides is 1. The molecule has 0 spiro atoms. The van der Waals surface area contributed by atoms with Gasteiger partial charge in [-0.25, -0.2) is 9.48 Å². The Kier molecular flexibility index (Phi) is 6.22. The van der Waals surface area contributed by atoms with Crippen LogP contribution in [-0.4, -0.2) is 46.3 Å². The van der Waals surface area contributed by atoms with Crippen LogP contribution < -0.4 is 0 Å². The first-order valence-electron chi connectivity index (χ1n) is 9.29. The lowest BCUT2D eigenvalue weighted by Crippen LogP contribution is -2.34. The fourth-order valence-electron chi connectivity index (χ4n) is 2.92. The molecule has 0 fully saturated rings. The number of hydrogen-bond donors (Lipinski definition) is 0. The first-order valence-corrected chi connectivity index (χ1v) is 9.29. The molecule has 3 rings (SSSR count). The van der Waals surface area contributed by atoms with Gasteiger partial charge in [0.2, 0.25) is 0 Å². The van der Waals surface area contributed by atoms with Crippen molar-refractivity contribution < 1.29 is 14.3 Å². The topological polar surface area (TPSA) is 64.4 Å². The van der Waals surface area contributed by atoms with Gasteiger partial charge in [0, 0.05) is 24.8 Å². The van der Waals surface area contributed by atoms with E-state index in [1.54, 1.807) is 15.8 Å². The Hall–Kier alpha value is -3.41. The highest BCUT2D eigenvalue weighted by atomic mass is 16.5. The van der Waals surface area contributed by atoms with Gasteiger partial charge < -0.3 is 9.64 Å². The minimum atomic E-state index is -0.568. The molecular formula is C22H23N3O3. The molecule has 0 aliphatic rings. The van der Waals surface area contributed by atoms with E-state index in [1.165, 1.54) is 0 Å². The Morgan fingerprint density at radius 3 is 2.18 bits per heavy atom. The van der Waals surface area contributed by atoms with Crippen molar-refractivity contribution in [2.75, 3.05) is 19.7 Å². The van der Waals surface area contributed by atoms with Gasteiger partial charge in [0.1, 0.15) is 11.3 Å². The molecule has 0 N–H and O–H groups in total. The SMILES string of the molecule is CCN(CC)C(=O)COC(=O)c1cn(-c2ccccc2)nc1-c1ccccc1. The van der Waals surface area contributed by atoms with E-state index in [-0.39, 0.29) is 12.5 Å². The molecule has 0 atom stereocenters. The zero-order valence-electron chi connectivity index (χ0n) is 16.0. The molecule has 0 unspecified atom stereocenters. The van der Waals surface area contributed by atoms with E-state index in [2.05, 4.69) is 5.10 Å². The molecule has 1 amide bonds. The third kappa shape index (κ3) is 4.28. The molecule has 28 heavy (non-hydrogen) atoms. The number of rotatable bonds is 7. The number of para-hydroxylation sites is 1. The summed E-state index contributed by atoms with van der Waals surface area (Å²) >= 11 is 0. The van der Waals surface area contributed by atoms with Crippen LogP contribution in [0, 0.1) is 0 Å². The molecule has 0 saturated heterocycles. The molecule has 0 saturated carbocycles. The van der Waals surface area contributed by atoms with Crippen molar-refractivity contribution in [1.82, 2.24) is 14.7 Å². The van der Waals surface area contributed by atoms with Crippen LogP contribution in [0.4, 0.5) is 0 Å². The second kappa shape index (κ2) is 8.99. The van der Waals surface area contributed by atoms with Gasteiger partial charge in [-0.1, -0.05) is 48.5 Å². The fraction of sp³-hybridized carbons (Fsp3) is 0.227. The summed E-state index contributed by atoms with van der Waals surface area (Å²) in [5.74, 6) is -0.781. The highest BCUT2D eigenvalue weighted by Crippen LogP contribution is 2.24. The van der Waals surface area contributed by atoms with Crippen LogP contribution in [0.2, 0.25) is 0 Å². The smallest absolute Gasteiger partial charge is 0.342 e. The summed E-state index contributed by atoms with van der Waals surface area (Å²) in [6.07, 6.45) is 1.64. The number of esters is 1. The number of hydrogen-bond acceptors (Lipinski definition) is 4. The Bertz CT molecular complexity index is 932. The van der Waals surface area contributed by atoms with Gasteiger partial charge in [0.05, 0.1) is 5.69 Å². The Labute approximate surface area is 164 Å². The number of ether oxygens (including phenoxy) is 1. The zero-order chi connectivity index (χ0) is 19.9. The molecule has 144 valence electrons. The van der Waals surface area contributed by atoms with Crippen LogP contribution in [0.1, 0.15) is 24.2 Å². The predicted molar refractivity (Wildman–Crippen MR) is 107 cm³/mol. The van der Waals surface area contributed by atoms with E-state index < -0.39 is 5.97 Å². The monoisotopic (exact) mass is 377 g/mol. The van der Waals surface area contributed by atoms with E-state index in [4.69, 9.17) is 4.74 Å². The average molecular weight is 377 g/mol. The van der Waals surface area contributed by atoms with Gasteiger partial charge in [-0.2, -0.15) is 5.10 Å². The maximum absolute atomic E-state index is 12.7. The highest BCUT2D eigenvalue weighted by Gasteiger charge is 2.21. The molecule has 1 aromatic heterocycles. The first-order chi connectivity index (χ1) is 13.6. The quantitative estimate of drug-likeness (QED) is 0.591. The molecule has 0 aliphatic carbocycles. The lowest BCUT2D eigenvalue weighted by Gasteiger charge is -2.18. The highest BCUT2D eigenvalue weighted by molar-refractivity contribution is 5.97. The normalized spacial score (nSPS) is 10.5. The van der Waals surface area contributed by atoms with Crippen molar-refractivity contribution in [3.8, 4) is 16.9 Å². The maximum atomic E-state index is 12.7. The van der Waals surface area contributed by atoms with Gasteiger partial charge in [-0.05, 0) is 26.0 Å². The molecule has 1 heterocycles. The van der Waals surface area contributed by atoms with E-state index >= 15 is 0 Å². The van der Waals surface area contributed by atoms with Gasteiger partial charge in [-0.3, -0.25) is 4.79 Å². The maximum Gasteiger partial charge on any atom is 0.342 e. The molecule has 6 heteroatoms. The number of aromatic nitrogens is 2. The van der Waals surface area contributed by atoms with E-state index in [9.17, 15) is 9.59 Å². The van der Waals surface area contributed by atoms with Gasteiger partial charge in [0.15, 0.2) is 6.61 Å². The van der Waals surface area contributed by atoms with Gasteiger partial charge >= 0.3 is 5.97 Å². The Morgan fingerprint density at radius 2 is 1.57 bits per heavy atom. The summed E-state index contributed by atoms with van der Waals surface area (Å²) < 4.78 is 6.95. The molecule has 3 aromatic rings. The van der Waals surface area contributed by atoms with Crippen molar-refractivity contribution in [3.63, 3.8) is 0 Å². The number of nitrogens with zero attached hydrogens (tertiary/aromatic N) is 3. The van der Waals surface area contributed by atoms with Gasteiger partial charge in [0.25, 0.3) is 5.91 Å². The first kappa shape index (κ1) is 19.4. The minimum absolute atomic E-state index is 0.213. The molecular weight excluding hydrogens is 354 g/mol. The van der Waals surface area contributed by atoms with Crippen LogP contribution in [0.5, 0.6) is 0 Å². The van der Waals surface area contributed by atoms with E-state index in [1.807, 2.05) is 74.5 Å². The molecule has 6 nitrogen and oxygen atoms in total. The Morgan fingerprint density at radius 1 is 0.964 bits per heavy atom. The second-order valence-electron chi connectivity index (χ2n) is 6.18. The van der Waals surface area contributed by atoms with Gasteiger partial charge in [-0.15, -0.1) is 0 Å². The number of likely N-dealkylation sites (N-methyl/N-ethyl adjacent to an activating group) is 1. The van der Waals surface area contributed by atoms with Crippen molar-refractivity contribution in [1.29, 1.82) is 0 Å². The third-order valence-electron chi connectivity index (χ3n) is 4.44. The summed E-state index contributed by atoms with van der Waals surface area (Å²) in [6, 6.07) is 19.0. The summed E-state index contributed by atoms with van der Waals surface area (Å²) in [6.45, 7) is 4.65. The van der Waals surface area contributed by atoms with E-state index in [0.29, 0.717) is 24.3 Å². The van der Waals surface area contributed by atoms with Crippen molar-refractivity contribution >= 4 is 11.9 Å². The van der Waals surface area contributed by atoms with Crippen molar-refractivity contribution in [3.05, 3.63) is 72.4 Å². The summed E-state index contributed by atoms with van der Waals surface area (Å²) in [7, 11) is 0. The van der Waals surface area contributed by atoms with Crippen LogP contribution in [0.3, 0.4) is 0 Å². The van der Waals surface area contributed by atoms with E-state index in [0.717, 1.165) is 11.3 Å². The largest absolute Gasteiger partial charge is 0.452 e. The Balaban J connectivity index is 1.89. The van der Waals surface area contributed by atoms with Crippen LogP contribution in [0.25, 0.3) is 16.9 Å². The summed E-state index contributed by atoms with van der Waals surface area (Å²) in [4.78, 5) is 26.5. The molecule has 0 radical (unpaired) electrons. The average Bonchev–Trinajstić information content (AvgIpc) is 3.20. The minimum Gasteiger partial charge on any atom is -0.452 e. The lowest BCUT2D eigenvalue weighted by atomic mass is 10.1. The zero-order valence-corrected chi connectivity index (χ0v) is 16.0. The van der Waals surface area contributed by atoms with Crippen molar-refractivity contribution in [2.24, 2.45) is 0 Å². The number of benzene rings is 2. The third-order valence-corrected chi connectivity index (χ3v) is 4.44. The fourth-order valence-corrected chi connectivity index (χ4v) is 2.92. The lowest BCUT2D eigenvalue weighted by molar-refractivity contribution is -0.134. The summed E-state index contributed by atoms with van der Waals surface area (Å²) in [5.41, 5.74) is 2.48. The predicted octanol–water partition coefficient (Wildman–Crippen LogP) is 3.56.